The predicted molar refractivity (Wildman–Crippen MR) is 80.6 cm³/mol. The van der Waals surface area contributed by atoms with Gasteiger partial charge in [0.15, 0.2) is 0 Å². The summed E-state index contributed by atoms with van der Waals surface area (Å²) < 4.78 is 0. The first kappa shape index (κ1) is 14.1. The number of rotatable bonds is 6. The first-order valence-corrected chi connectivity index (χ1v) is 7.44. The second-order valence-electron chi connectivity index (χ2n) is 5.99. The van der Waals surface area contributed by atoms with Gasteiger partial charge in [0, 0.05) is 18.7 Å². The van der Waals surface area contributed by atoms with E-state index in [9.17, 15) is 0 Å². The molecule has 1 aromatic rings. The van der Waals surface area contributed by atoms with Gasteiger partial charge in [0.2, 0.25) is 0 Å². The molecule has 1 aliphatic carbocycles. The smallest absolute Gasteiger partial charge is 0.134 e. The molecule has 4 nitrogen and oxygen atoms in total. The summed E-state index contributed by atoms with van der Waals surface area (Å²) in [6.45, 7) is 8.58. The van der Waals surface area contributed by atoms with Crippen LogP contribution in [0.15, 0.2) is 6.33 Å². The van der Waals surface area contributed by atoms with Gasteiger partial charge in [0.25, 0.3) is 0 Å². The predicted octanol–water partition coefficient (Wildman–Crippen LogP) is 3.60. The van der Waals surface area contributed by atoms with E-state index < -0.39 is 0 Å². The van der Waals surface area contributed by atoms with Crippen LogP contribution in [0, 0.1) is 12.3 Å². The minimum absolute atomic E-state index is 0.439. The molecule has 2 rings (SSSR count). The van der Waals surface area contributed by atoms with Crippen molar-refractivity contribution in [3.63, 3.8) is 0 Å². The van der Waals surface area contributed by atoms with Crippen molar-refractivity contribution >= 4 is 11.6 Å². The molecule has 1 fully saturated rings. The van der Waals surface area contributed by atoms with Crippen molar-refractivity contribution in [1.29, 1.82) is 0 Å². The highest BCUT2D eigenvalue weighted by Crippen LogP contribution is 2.37. The molecule has 0 spiro atoms. The second kappa shape index (κ2) is 6.22. The van der Waals surface area contributed by atoms with Crippen molar-refractivity contribution in [3.05, 3.63) is 11.9 Å². The second-order valence-corrected chi connectivity index (χ2v) is 5.99. The third-order valence-corrected chi connectivity index (χ3v) is 4.12. The Morgan fingerprint density at radius 1 is 1.16 bits per heavy atom. The molecule has 1 aliphatic rings. The van der Waals surface area contributed by atoms with E-state index in [1.165, 1.54) is 25.7 Å². The molecule has 0 amide bonds. The fraction of sp³-hybridized carbons (Fsp3) is 0.733. The Balaban J connectivity index is 1.99. The van der Waals surface area contributed by atoms with E-state index in [1.807, 2.05) is 0 Å². The number of hydrogen-bond acceptors (Lipinski definition) is 4. The molecule has 0 bridgehead atoms. The van der Waals surface area contributed by atoms with Crippen LogP contribution in [-0.4, -0.2) is 23.1 Å². The van der Waals surface area contributed by atoms with Crippen LogP contribution in [-0.2, 0) is 0 Å². The Labute approximate surface area is 116 Å². The molecule has 1 saturated carbocycles. The zero-order chi connectivity index (χ0) is 13.7. The van der Waals surface area contributed by atoms with Crippen molar-refractivity contribution < 1.29 is 0 Å². The van der Waals surface area contributed by atoms with Crippen LogP contribution in [0.4, 0.5) is 11.6 Å². The van der Waals surface area contributed by atoms with Gasteiger partial charge in [0.05, 0.1) is 0 Å². The molecule has 1 heterocycles. The van der Waals surface area contributed by atoms with E-state index in [1.54, 1.807) is 6.33 Å². The molecule has 0 atom stereocenters. The highest BCUT2D eigenvalue weighted by molar-refractivity contribution is 5.56. The fourth-order valence-corrected chi connectivity index (χ4v) is 2.75. The largest absolute Gasteiger partial charge is 0.370 e. The molecule has 0 aromatic carbocycles. The summed E-state index contributed by atoms with van der Waals surface area (Å²) in [7, 11) is 0. The van der Waals surface area contributed by atoms with Crippen molar-refractivity contribution in [2.75, 3.05) is 23.7 Å². The van der Waals surface area contributed by atoms with Crippen molar-refractivity contribution in [3.8, 4) is 0 Å². The third kappa shape index (κ3) is 3.58. The van der Waals surface area contributed by atoms with Gasteiger partial charge in [-0.2, -0.15) is 0 Å². The average molecular weight is 262 g/mol. The molecule has 0 aliphatic heterocycles. The monoisotopic (exact) mass is 262 g/mol. The average Bonchev–Trinajstić information content (AvgIpc) is 2.84. The van der Waals surface area contributed by atoms with Crippen LogP contribution >= 0.6 is 0 Å². The van der Waals surface area contributed by atoms with Gasteiger partial charge < -0.3 is 10.6 Å². The maximum Gasteiger partial charge on any atom is 0.134 e. The SMILES string of the molecule is CCCNc1ncnc(NCC2(C)CCCC2)c1C. The van der Waals surface area contributed by atoms with Crippen LogP contribution in [0.2, 0.25) is 0 Å². The van der Waals surface area contributed by atoms with E-state index in [4.69, 9.17) is 0 Å². The summed E-state index contributed by atoms with van der Waals surface area (Å²) in [6, 6.07) is 0. The van der Waals surface area contributed by atoms with Crippen LogP contribution in [0.1, 0.15) is 51.5 Å². The Morgan fingerprint density at radius 3 is 2.42 bits per heavy atom. The van der Waals surface area contributed by atoms with E-state index in [0.717, 1.165) is 36.7 Å². The first-order chi connectivity index (χ1) is 9.14. The maximum atomic E-state index is 4.38. The molecular formula is C15H26N4. The van der Waals surface area contributed by atoms with Gasteiger partial charge >= 0.3 is 0 Å². The summed E-state index contributed by atoms with van der Waals surface area (Å²) in [5.74, 6) is 1.93. The third-order valence-electron chi connectivity index (χ3n) is 4.12. The Morgan fingerprint density at radius 2 is 1.79 bits per heavy atom. The van der Waals surface area contributed by atoms with E-state index in [0.29, 0.717) is 5.41 Å². The van der Waals surface area contributed by atoms with Gasteiger partial charge in [-0.3, -0.25) is 0 Å². The molecule has 0 unspecified atom stereocenters. The molecule has 2 N–H and O–H groups in total. The van der Waals surface area contributed by atoms with E-state index >= 15 is 0 Å². The summed E-state index contributed by atoms with van der Waals surface area (Å²) in [6.07, 6.45) is 8.12. The lowest BCUT2D eigenvalue weighted by Crippen LogP contribution is -2.24. The summed E-state index contributed by atoms with van der Waals surface area (Å²) >= 11 is 0. The van der Waals surface area contributed by atoms with Gasteiger partial charge in [-0.25, -0.2) is 9.97 Å². The van der Waals surface area contributed by atoms with Crippen LogP contribution in [0.5, 0.6) is 0 Å². The van der Waals surface area contributed by atoms with Crippen molar-refractivity contribution in [1.82, 2.24) is 9.97 Å². The molecule has 0 saturated heterocycles. The highest BCUT2D eigenvalue weighted by atomic mass is 15.1. The molecule has 0 radical (unpaired) electrons. The summed E-state index contributed by atoms with van der Waals surface area (Å²) in [4.78, 5) is 8.69. The van der Waals surface area contributed by atoms with Gasteiger partial charge in [0.1, 0.15) is 18.0 Å². The molecular weight excluding hydrogens is 236 g/mol. The minimum atomic E-state index is 0.439. The normalized spacial score (nSPS) is 17.4. The van der Waals surface area contributed by atoms with Crippen molar-refractivity contribution in [2.45, 2.75) is 52.9 Å². The molecule has 4 heteroatoms. The molecule has 19 heavy (non-hydrogen) atoms. The number of aromatic nitrogens is 2. The minimum Gasteiger partial charge on any atom is -0.370 e. The Kier molecular flexibility index (Phi) is 4.61. The highest BCUT2D eigenvalue weighted by Gasteiger charge is 2.28. The number of nitrogens with one attached hydrogen (secondary N) is 2. The quantitative estimate of drug-likeness (QED) is 0.822. The van der Waals surface area contributed by atoms with Gasteiger partial charge in [-0.15, -0.1) is 0 Å². The zero-order valence-electron chi connectivity index (χ0n) is 12.4. The number of nitrogens with zero attached hydrogens (tertiary/aromatic N) is 2. The Hall–Kier alpha value is -1.32. The lowest BCUT2D eigenvalue weighted by atomic mass is 9.89. The van der Waals surface area contributed by atoms with Gasteiger partial charge in [-0.1, -0.05) is 26.7 Å². The number of anilines is 2. The summed E-state index contributed by atoms with van der Waals surface area (Å²) in [5, 5.41) is 6.87. The maximum absolute atomic E-state index is 4.38. The first-order valence-electron chi connectivity index (χ1n) is 7.44. The van der Waals surface area contributed by atoms with E-state index in [-0.39, 0.29) is 0 Å². The van der Waals surface area contributed by atoms with Crippen LogP contribution < -0.4 is 10.6 Å². The standard InChI is InChI=1S/C15H26N4/c1-4-9-16-13-12(2)14(19-11-18-13)17-10-15(3)7-5-6-8-15/h11H,4-10H2,1-3H3,(H2,16,17,18,19). The van der Waals surface area contributed by atoms with Gasteiger partial charge in [-0.05, 0) is 31.6 Å². The molecule has 106 valence electrons. The van der Waals surface area contributed by atoms with E-state index in [2.05, 4.69) is 41.4 Å². The Bertz CT molecular complexity index is 411. The lowest BCUT2D eigenvalue weighted by molar-refractivity contribution is 0.361. The van der Waals surface area contributed by atoms with Crippen LogP contribution in [0.25, 0.3) is 0 Å². The van der Waals surface area contributed by atoms with Crippen molar-refractivity contribution in [2.24, 2.45) is 5.41 Å². The van der Waals surface area contributed by atoms with Crippen LogP contribution in [0.3, 0.4) is 0 Å². The zero-order valence-corrected chi connectivity index (χ0v) is 12.4. The molecule has 1 aromatic heterocycles. The topological polar surface area (TPSA) is 49.8 Å². The lowest BCUT2D eigenvalue weighted by Gasteiger charge is -2.24. The summed E-state index contributed by atoms with van der Waals surface area (Å²) in [5.41, 5.74) is 1.56. The number of hydrogen-bond donors (Lipinski definition) is 2. The fourth-order valence-electron chi connectivity index (χ4n) is 2.75.